The first-order valence-electron chi connectivity index (χ1n) is 8.03. The number of hydrogen-bond acceptors (Lipinski definition) is 2. The lowest BCUT2D eigenvalue weighted by Gasteiger charge is -2.28. The average molecular weight is 331 g/mol. The van der Waals surface area contributed by atoms with Crippen molar-refractivity contribution in [2.45, 2.75) is 31.4 Å². The molecule has 0 saturated heterocycles. The van der Waals surface area contributed by atoms with Gasteiger partial charge in [-0.15, -0.1) is 6.58 Å². The van der Waals surface area contributed by atoms with Gasteiger partial charge in [-0.05, 0) is 61.7 Å². The number of nitrogens with one attached hydrogen (secondary N) is 1. The Kier molecular flexibility index (Phi) is 6.23. The third-order valence-electron chi connectivity index (χ3n) is 4.20. The van der Waals surface area contributed by atoms with Crippen LogP contribution in [0.4, 0.5) is 8.78 Å². The lowest BCUT2D eigenvalue weighted by molar-refractivity contribution is 0.0302. The van der Waals surface area contributed by atoms with Crippen LogP contribution in [0.3, 0.4) is 0 Å². The van der Waals surface area contributed by atoms with E-state index in [2.05, 4.69) is 11.9 Å². The molecule has 0 aromatic heterocycles. The van der Waals surface area contributed by atoms with Crippen molar-refractivity contribution in [1.29, 1.82) is 0 Å². The van der Waals surface area contributed by atoms with Crippen LogP contribution in [-0.2, 0) is 5.60 Å². The van der Waals surface area contributed by atoms with E-state index in [1.54, 1.807) is 24.3 Å². The molecule has 0 saturated carbocycles. The van der Waals surface area contributed by atoms with E-state index < -0.39 is 5.60 Å². The van der Waals surface area contributed by atoms with Gasteiger partial charge in [-0.2, -0.15) is 0 Å². The molecule has 0 aliphatic rings. The topological polar surface area (TPSA) is 32.3 Å². The fourth-order valence-corrected chi connectivity index (χ4v) is 2.75. The van der Waals surface area contributed by atoms with Crippen LogP contribution in [0.15, 0.2) is 61.2 Å². The van der Waals surface area contributed by atoms with Crippen LogP contribution in [0.5, 0.6) is 0 Å². The quantitative estimate of drug-likeness (QED) is 0.700. The molecular formula is C20H23F2NO. The molecule has 0 aliphatic carbocycles. The van der Waals surface area contributed by atoms with E-state index in [1.165, 1.54) is 24.3 Å². The summed E-state index contributed by atoms with van der Waals surface area (Å²) < 4.78 is 26.4. The Hall–Kier alpha value is -2.04. The maximum atomic E-state index is 13.3. The van der Waals surface area contributed by atoms with Crippen LogP contribution in [-0.4, -0.2) is 11.7 Å². The smallest absolute Gasteiger partial charge is 0.123 e. The third-order valence-corrected chi connectivity index (χ3v) is 4.20. The van der Waals surface area contributed by atoms with Crippen LogP contribution < -0.4 is 5.32 Å². The molecule has 0 unspecified atom stereocenters. The SMILES string of the molecule is C=CC[C@@](O)(CCN[C@@H](C)c1cccc(F)c1)c1ccc(F)cc1. The zero-order valence-corrected chi connectivity index (χ0v) is 13.8. The molecule has 0 radical (unpaired) electrons. The predicted octanol–water partition coefficient (Wildman–Crippen LogP) is 4.47. The first kappa shape index (κ1) is 18.3. The molecule has 0 aliphatic heterocycles. The van der Waals surface area contributed by atoms with E-state index in [1.807, 2.05) is 13.0 Å². The van der Waals surface area contributed by atoms with Crippen molar-refractivity contribution in [3.05, 3.63) is 83.9 Å². The third kappa shape index (κ3) is 4.73. The van der Waals surface area contributed by atoms with E-state index in [0.717, 1.165) is 5.56 Å². The summed E-state index contributed by atoms with van der Waals surface area (Å²) in [5.74, 6) is -0.604. The Morgan fingerprint density at radius 1 is 1.17 bits per heavy atom. The van der Waals surface area contributed by atoms with Crippen molar-refractivity contribution in [1.82, 2.24) is 5.32 Å². The van der Waals surface area contributed by atoms with Gasteiger partial charge in [0.05, 0.1) is 5.60 Å². The van der Waals surface area contributed by atoms with Crippen molar-refractivity contribution >= 4 is 0 Å². The number of halogens is 2. The average Bonchev–Trinajstić information content (AvgIpc) is 2.55. The highest BCUT2D eigenvalue weighted by Crippen LogP contribution is 2.29. The fourth-order valence-electron chi connectivity index (χ4n) is 2.75. The van der Waals surface area contributed by atoms with Crippen LogP contribution in [0.2, 0.25) is 0 Å². The van der Waals surface area contributed by atoms with Crippen molar-refractivity contribution < 1.29 is 13.9 Å². The number of aliphatic hydroxyl groups is 1. The second kappa shape index (κ2) is 8.18. The summed E-state index contributed by atoms with van der Waals surface area (Å²) in [4.78, 5) is 0. The molecule has 128 valence electrons. The molecule has 2 N–H and O–H groups in total. The maximum Gasteiger partial charge on any atom is 0.123 e. The van der Waals surface area contributed by atoms with Gasteiger partial charge in [0.1, 0.15) is 11.6 Å². The largest absolute Gasteiger partial charge is 0.385 e. The first-order valence-corrected chi connectivity index (χ1v) is 8.03. The molecule has 2 aromatic carbocycles. The molecule has 2 rings (SSSR count). The molecule has 0 heterocycles. The number of benzene rings is 2. The van der Waals surface area contributed by atoms with E-state index >= 15 is 0 Å². The Balaban J connectivity index is 2.01. The van der Waals surface area contributed by atoms with Gasteiger partial charge in [-0.25, -0.2) is 8.78 Å². The molecule has 2 atom stereocenters. The van der Waals surface area contributed by atoms with Crippen molar-refractivity contribution in [3.8, 4) is 0 Å². The maximum absolute atomic E-state index is 13.3. The van der Waals surface area contributed by atoms with Crippen LogP contribution >= 0.6 is 0 Å². The van der Waals surface area contributed by atoms with Gasteiger partial charge in [0, 0.05) is 6.04 Å². The molecule has 0 spiro atoms. The van der Waals surface area contributed by atoms with Gasteiger partial charge in [-0.3, -0.25) is 0 Å². The van der Waals surface area contributed by atoms with Gasteiger partial charge in [0.2, 0.25) is 0 Å². The van der Waals surface area contributed by atoms with Crippen LogP contribution in [0.1, 0.15) is 36.9 Å². The van der Waals surface area contributed by atoms with E-state index in [4.69, 9.17) is 0 Å². The molecule has 4 heteroatoms. The molecular weight excluding hydrogens is 308 g/mol. The molecule has 24 heavy (non-hydrogen) atoms. The van der Waals surface area contributed by atoms with Gasteiger partial charge in [-0.1, -0.05) is 30.3 Å². The molecule has 2 aromatic rings. The van der Waals surface area contributed by atoms with Crippen molar-refractivity contribution in [2.24, 2.45) is 0 Å². The minimum Gasteiger partial charge on any atom is -0.385 e. The molecule has 0 fully saturated rings. The molecule has 0 amide bonds. The normalized spacial score (nSPS) is 14.8. The van der Waals surface area contributed by atoms with Crippen LogP contribution in [0, 0.1) is 11.6 Å². The van der Waals surface area contributed by atoms with Crippen molar-refractivity contribution in [2.75, 3.05) is 6.54 Å². The second-order valence-electron chi connectivity index (χ2n) is 6.01. The monoisotopic (exact) mass is 331 g/mol. The minimum absolute atomic E-state index is 0.0399. The summed E-state index contributed by atoms with van der Waals surface area (Å²) in [7, 11) is 0. The molecule has 0 bridgehead atoms. The second-order valence-corrected chi connectivity index (χ2v) is 6.01. The zero-order valence-electron chi connectivity index (χ0n) is 13.8. The van der Waals surface area contributed by atoms with Gasteiger partial charge in [0.25, 0.3) is 0 Å². The lowest BCUT2D eigenvalue weighted by Crippen LogP contribution is -2.31. The Morgan fingerprint density at radius 2 is 1.88 bits per heavy atom. The summed E-state index contributed by atoms with van der Waals surface area (Å²) >= 11 is 0. The van der Waals surface area contributed by atoms with Crippen LogP contribution in [0.25, 0.3) is 0 Å². The zero-order chi connectivity index (χ0) is 17.6. The minimum atomic E-state index is -1.11. The lowest BCUT2D eigenvalue weighted by atomic mass is 9.87. The standard InChI is InChI=1S/C20H23F2NO/c1-3-11-20(24,17-7-9-18(21)10-8-17)12-13-23-15(2)16-5-4-6-19(22)14-16/h3-10,14-15,23-24H,1,11-13H2,2H3/t15-,20+/m0/s1. The number of hydrogen-bond donors (Lipinski definition) is 2. The van der Waals surface area contributed by atoms with E-state index in [-0.39, 0.29) is 17.7 Å². The highest BCUT2D eigenvalue weighted by molar-refractivity contribution is 5.24. The summed E-state index contributed by atoms with van der Waals surface area (Å²) in [5.41, 5.74) is 0.400. The number of rotatable bonds is 8. The van der Waals surface area contributed by atoms with E-state index in [0.29, 0.717) is 24.9 Å². The Bertz CT molecular complexity index is 672. The van der Waals surface area contributed by atoms with Crippen molar-refractivity contribution in [3.63, 3.8) is 0 Å². The Labute approximate surface area is 141 Å². The highest BCUT2D eigenvalue weighted by Gasteiger charge is 2.27. The van der Waals surface area contributed by atoms with Gasteiger partial charge < -0.3 is 10.4 Å². The fraction of sp³-hybridized carbons (Fsp3) is 0.300. The summed E-state index contributed by atoms with van der Waals surface area (Å²) in [5, 5.41) is 14.2. The van der Waals surface area contributed by atoms with Gasteiger partial charge in [0.15, 0.2) is 0 Å². The Morgan fingerprint density at radius 3 is 2.50 bits per heavy atom. The summed E-state index contributed by atoms with van der Waals surface area (Å²) in [6.45, 7) is 6.16. The predicted molar refractivity (Wildman–Crippen MR) is 92.5 cm³/mol. The first-order chi connectivity index (χ1) is 11.4. The van der Waals surface area contributed by atoms with Gasteiger partial charge >= 0.3 is 0 Å². The highest BCUT2D eigenvalue weighted by atomic mass is 19.1. The van der Waals surface area contributed by atoms with E-state index in [9.17, 15) is 13.9 Å². The summed E-state index contributed by atoms with van der Waals surface area (Å²) in [6, 6.07) is 12.3. The molecule has 2 nitrogen and oxygen atoms in total. The summed E-state index contributed by atoms with van der Waals surface area (Å²) in [6.07, 6.45) is 2.46.